The molecule has 3 heteroatoms. The lowest BCUT2D eigenvalue weighted by Crippen LogP contribution is -2.18. The molecule has 0 saturated carbocycles. The van der Waals surface area contributed by atoms with Crippen molar-refractivity contribution >= 4 is 12.0 Å². The van der Waals surface area contributed by atoms with Gasteiger partial charge in [-0.15, -0.1) is 0 Å². The van der Waals surface area contributed by atoms with Crippen molar-refractivity contribution in [1.82, 2.24) is 0 Å². The Bertz CT molecular complexity index is 81.7. The largest absolute Gasteiger partial charge is 0.381 e. The van der Waals surface area contributed by atoms with Crippen LogP contribution in [0, 0.1) is 5.92 Å². The van der Waals surface area contributed by atoms with Crippen LogP contribution < -0.4 is 0 Å². The van der Waals surface area contributed by atoms with E-state index in [9.17, 15) is 0 Å². The van der Waals surface area contributed by atoms with Crippen LogP contribution in [-0.2, 0) is 8.92 Å². The predicted molar refractivity (Wildman–Crippen MR) is 43.0 cm³/mol. The molecule has 0 aromatic carbocycles. The first-order chi connectivity index (χ1) is 4.93. The molecule has 0 aromatic rings. The SMILES string of the molecule is CSOCC1CCOCC1. The fourth-order valence-corrected chi connectivity index (χ4v) is 1.41. The molecule has 0 bridgehead atoms. The van der Waals surface area contributed by atoms with Gasteiger partial charge in [0.05, 0.1) is 6.61 Å². The molecule has 1 saturated heterocycles. The molecule has 2 nitrogen and oxygen atoms in total. The molecule has 1 aliphatic heterocycles. The van der Waals surface area contributed by atoms with Gasteiger partial charge in [-0.2, -0.15) is 0 Å². The Morgan fingerprint density at radius 1 is 1.50 bits per heavy atom. The van der Waals surface area contributed by atoms with Gasteiger partial charge in [0.1, 0.15) is 0 Å². The van der Waals surface area contributed by atoms with Crippen LogP contribution in [0.1, 0.15) is 12.8 Å². The monoisotopic (exact) mass is 162 g/mol. The minimum absolute atomic E-state index is 0.737. The van der Waals surface area contributed by atoms with Crippen LogP contribution >= 0.6 is 12.0 Å². The van der Waals surface area contributed by atoms with Crippen molar-refractivity contribution in [2.45, 2.75) is 12.8 Å². The lowest BCUT2D eigenvalue weighted by molar-refractivity contribution is 0.0529. The van der Waals surface area contributed by atoms with Gasteiger partial charge in [0, 0.05) is 19.5 Å². The summed E-state index contributed by atoms with van der Waals surface area (Å²) in [5.74, 6) is 0.737. The first-order valence-corrected chi connectivity index (χ1v) is 4.82. The van der Waals surface area contributed by atoms with Gasteiger partial charge in [-0.05, 0) is 30.8 Å². The van der Waals surface area contributed by atoms with Crippen LogP contribution in [0.15, 0.2) is 0 Å². The van der Waals surface area contributed by atoms with E-state index < -0.39 is 0 Å². The molecule has 1 aliphatic rings. The fraction of sp³-hybridized carbons (Fsp3) is 1.00. The summed E-state index contributed by atoms with van der Waals surface area (Å²) < 4.78 is 10.5. The molecule has 60 valence electrons. The molecule has 0 unspecified atom stereocenters. The highest BCUT2D eigenvalue weighted by molar-refractivity contribution is 7.93. The molecule has 1 rings (SSSR count). The number of rotatable bonds is 3. The van der Waals surface area contributed by atoms with E-state index in [1.54, 1.807) is 0 Å². The molecule has 1 heterocycles. The van der Waals surface area contributed by atoms with Crippen molar-refractivity contribution in [3.63, 3.8) is 0 Å². The Kier molecular flexibility index (Phi) is 4.18. The average Bonchev–Trinajstić information content (AvgIpc) is 2.03. The second kappa shape index (κ2) is 4.99. The van der Waals surface area contributed by atoms with Crippen LogP contribution in [0.2, 0.25) is 0 Å². The third-order valence-electron chi connectivity index (χ3n) is 1.76. The second-order valence-corrected chi connectivity index (χ2v) is 3.08. The third-order valence-corrected chi connectivity index (χ3v) is 2.13. The standard InChI is InChI=1S/C7H14O2S/c1-10-9-6-7-2-4-8-5-3-7/h7H,2-6H2,1H3. The van der Waals surface area contributed by atoms with E-state index in [0.29, 0.717) is 0 Å². The van der Waals surface area contributed by atoms with Crippen molar-refractivity contribution in [2.24, 2.45) is 5.92 Å². The molecule has 0 radical (unpaired) electrons. The first kappa shape index (κ1) is 8.37. The molecule has 0 N–H and O–H groups in total. The lowest BCUT2D eigenvalue weighted by atomic mass is 10.0. The second-order valence-electron chi connectivity index (χ2n) is 2.51. The van der Waals surface area contributed by atoms with Crippen molar-refractivity contribution in [3.8, 4) is 0 Å². The topological polar surface area (TPSA) is 18.5 Å². The summed E-state index contributed by atoms with van der Waals surface area (Å²) in [6.07, 6.45) is 4.29. The maximum Gasteiger partial charge on any atom is 0.0643 e. The zero-order chi connectivity index (χ0) is 7.23. The summed E-state index contributed by atoms with van der Waals surface area (Å²) in [4.78, 5) is 0. The molecule has 0 aliphatic carbocycles. The number of hydrogen-bond donors (Lipinski definition) is 0. The normalized spacial score (nSPS) is 21.3. The molecule has 10 heavy (non-hydrogen) atoms. The van der Waals surface area contributed by atoms with E-state index in [-0.39, 0.29) is 0 Å². The third kappa shape index (κ3) is 2.90. The maximum atomic E-state index is 5.23. The van der Waals surface area contributed by atoms with Crippen molar-refractivity contribution < 1.29 is 8.92 Å². The lowest BCUT2D eigenvalue weighted by Gasteiger charge is -2.20. The Morgan fingerprint density at radius 3 is 2.80 bits per heavy atom. The zero-order valence-electron chi connectivity index (χ0n) is 6.34. The van der Waals surface area contributed by atoms with Crippen LogP contribution in [0.25, 0.3) is 0 Å². The Balaban J connectivity index is 2.02. The van der Waals surface area contributed by atoms with Gasteiger partial charge in [0.15, 0.2) is 0 Å². The minimum Gasteiger partial charge on any atom is -0.381 e. The van der Waals surface area contributed by atoms with Gasteiger partial charge in [-0.1, -0.05) is 0 Å². The van der Waals surface area contributed by atoms with E-state index in [1.165, 1.54) is 24.9 Å². The molecule has 0 atom stereocenters. The quantitative estimate of drug-likeness (QED) is 0.589. The molecule has 0 spiro atoms. The summed E-state index contributed by atoms with van der Waals surface area (Å²) in [5, 5.41) is 0. The van der Waals surface area contributed by atoms with E-state index in [0.717, 1.165) is 25.7 Å². The van der Waals surface area contributed by atoms with E-state index >= 15 is 0 Å². The van der Waals surface area contributed by atoms with Crippen LogP contribution in [0.5, 0.6) is 0 Å². The fourth-order valence-electron chi connectivity index (χ4n) is 1.08. The summed E-state index contributed by atoms with van der Waals surface area (Å²) in [6.45, 7) is 2.73. The Labute approximate surface area is 66.5 Å². The molecular formula is C7H14O2S. The Morgan fingerprint density at radius 2 is 2.20 bits per heavy atom. The Hall–Kier alpha value is 0.270. The van der Waals surface area contributed by atoms with Crippen LogP contribution in [-0.4, -0.2) is 26.1 Å². The van der Waals surface area contributed by atoms with Crippen LogP contribution in [0.3, 0.4) is 0 Å². The summed E-state index contributed by atoms with van der Waals surface area (Å²) in [5.41, 5.74) is 0. The number of ether oxygens (including phenoxy) is 1. The van der Waals surface area contributed by atoms with Gasteiger partial charge in [-0.25, -0.2) is 0 Å². The predicted octanol–water partition coefficient (Wildman–Crippen LogP) is 1.71. The average molecular weight is 162 g/mol. The number of hydrogen-bond acceptors (Lipinski definition) is 3. The highest BCUT2D eigenvalue weighted by atomic mass is 32.2. The van der Waals surface area contributed by atoms with E-state index in [2.05, 4.69) is 0 Å². The molecule has 0 amide bonds. The summed E-state index contributed by atoms with van der Waals surface area (Å²) >= 11 is 1.45. The van der Waals surface area contributed by atoms with Crippen molar-refractivity contribution in [1.29, 1.82) is 0 Å². The van der Waals surface area contributed by atoms with Crippen molar-refractivity contribution in [2.75, 3.05) is 26.1 Å². The zero-order valence-corrected chi connectivity index (χ0v) is 7.15. The maximum absolute atomic E-state index is 5.23. The van der Waals surface area contributed by atoms with E-state index in [4.69, 9.17) is 8.92 Å². The highest BCUT2D eigenvalue weighted by Gasteiger charge is 2.13. The van der Waals surface area contributed by atoms with Gasteiger partial charge >= 0.3 is 0 Å². The van der Waals surface area contributed by atoms with Gasteiger partial charge in [0.25, 0.3) is 0 Å². The molecule has 0 aromatic heterocycles. The molecular weight excluding hydrogens is 148 g/mol. The van der Waals surface area contributed by atoms with Crippen molar-refractivity contribution in [3.05, 3.63) is 0 Å². The smallest absolute Gasteiger partial charge is 0.0643 e. The van der Waals surface area contributed by atoms with E-state index in [1.807, 2.05) is 6.26 Å². The van der Waals surface area contributed by atoms with Crippen LogP contribution in [0.4, 0.5) is 0 Å². The minimum atomic E-state index is 0.737. The molecule has 1 fully saturated rings. The van der Waals surface area contributed by atoms with Gasteiger partial charge in [-0.3, -0.25) is 0 Å². The first-order valence-electron chi connectivity index (χ1n) is 3.67. The highest BCUT2D eigenvalue weighted by Crippen LogP contribution is 2.16. The summed E-state index contributed by atoms with van der Waals surface area (Å²) in [6, 6.07) is 0. The van der Waals surface area contributed by atoms with Gasteiger partial charge < -0.3 is 8.92 Å². The summed E-state index contributed by atoms with van der Waals surface area (Å²) in [7, 11) is 0. The van der Waals surface area contributed by atoms with Gasteiger partial charge in [0.2, 0.25) is 0 Å².